The van der Waals surface area contributed by atoms with Gasteiger partial charge in [-0.3, -0.25) is 14.5 Å². The molecule has 3 aliphatic rings. The smallest absolute Gasteiger partial charge is 0.240 e. The van der Waals surface area contributed by atoms with Gasteiger partial charge in [0, 0.05) is 56.4 Å². The summed E-state index contributed by atoms with van der Waals surface area (Å²) in [4.78, 5) is 41.4. The Bertz CT molecular complexity index is 1310. The van der Waals surface area contributed by atoms with Crippen LogP contribution in [0.4, 0.5) is 17.3 Å². The van der Waals surface area contributed by atoms with E-state index in [1.165, 1.54) is 18.4 Å². The van der Waals surface area contributed by atoms with Crippen LogP contribution in [0.2, 0.25) is 0 Å². The van der Waals surface area contributed by atoms with E-state index in [0.717, 1.165) is 88.7 Å². The fraction of sp³-hybridized carbons (Fsp3) is 0.667. The third-order valence-corrected chi connectivity index (χ3v) is 10.3. The second-order valence-electron chi connectivity index (χ2n) is 15.2. The number of amides is 2. The van der Waals surface area contributed by atoms with Gasteiger partial charge in [0.15, 0.2) is 0 Å². The lowest BCUT2D eigenvalue weighted by atomic mass is 9.82. The Kier molecular flexibility index (Phi) is 10.8. The van der Waals surface area contributed by atoms with Crippen molar-refractivity contribution in [2.45, 2.75) is 91.6 Å². The molecule has 4 heterocycles. The Morgan fingerprint density at radius 1 is 0.978 bits per heavy atom. The van der Waals surface area contributed by atoms with E-state index < -0.39 is 0 Å². The third kappa shape index (κ3) is 8.90. The number of nitrogens with zero attached hydrogens (tertiary/aromatic N) is 5. The number of hydrogen-bond acceptors (Lipinski definition) is 8. The molecule has 3 N–H and O–H groups in total. The summed E-state index contributed by atoms with van der Waals surface area (Å²) in [7, 11) is 0. The van der Waals surface area contributed by atoms with Crippen molar-refractivity contribution >= 4 is 29.1 Å². The molecule has 10 nitrogen and oxygen atoms in total. The maximum absolute atomic E-state index is 12.9. The molecule has 2 amide bonds. The van der Waals surface area contributed by atoms with Crippen molar-refractivity contribution in [2.75, 3.05) is 67.5 Å². The molecule has 2 aromatic rings. The number of likely N-dealkylation sites (tertiary alicyclic amines) is 1. The highest BCUT2D eigenvalue weighted by Gasteiger charge is 2.41. The van der Waals surface area contributed by atoms with Crippen LogP contribution in [0.25, 0.3) is 0 Å². The first-order valence-corrected chi connectivity index (χ1v) is 17.4. The van der Waals surface area contributed by atoms with Gasteiger partial charge in [-0.25, -0.2) is 9.97 Å². The first-order valence-electron chi connectivity index (χ1n) is 17.4. The Morgan fingerprint density at radius 3 is 2.39 bits per heavy atom. The zero-order valence-electron chi connectivity index (χ0n) is 28.8. The molecule has 0 unspecified atom stereocenters. The number of nitrogens with one attached hydrogen (secondary N) is 3. The van der Waals surface area contributed by atoms with Gasteiger partial charge in [-0.1, -0.05) is 53.2 Å². The number of anilines is 3. The monoisotopic (exact) mass is 632 g/mol. The quantitative estimate of drug-likeness (QED) is 0.286. The standard InChI is InChI=1S/C36H56N8O2/c1-6-12-35(4,5)33(46)38-18-7-17-37-30-23-31(40-27-39-30)43-21-15-36(16-22-43)26-44(25-32(45)41-36)29-10-8-28(9-11-29)24-42-19-13-34(2,3)14-20-42/h8-11,23,27H,6-7,12-22,24-26H2,1-5H3,(H,38,46)(H,41,45)(H,37,39,40). The predicted molar refractivity (Wildman–Crippen MR) is 186 cm³/mol. The van der Waals surface area contributed by atoms with Crippen LogP contribution in [0.3, 0.4) is 0 Å². The Labute approximate surface area is 276 Å². The molecule has 3 fully saturated rings. The fourth-order valence-electron chi connectivity index (χ4n) is 7.09. The number of rotatable bonds is 12. The summed E-state index contributed by atoms with van der Waals surface area (Å²) in [5, 5.41) is 9.81. The second-order valence-corrected chi connectivity index (χ2v) is 15.2. The van der Waals surface area contributed by atoms with Gasteiger partial charge >= 0.3 is 0 Å². The van der Waals surface area contributed by atoms with E-state index in [-0.39, 0.29) is 22.8 Å². The van der Waals surface area contributed by atoms with E-state index in [1.54, 1.807) is 6.33 Å². The van der Waals surface area contributed by atoms with Gasteiger partial charge in [-0.05, 0) is 74.7 Å². The molecule has 46 heavy (non-hydrogen) atoms. The van der Waals surface area contributed by atoms with Crippen LogP contribution < -0.4 is 25.8 Å². The van der Waals surface area contributed by atoms with Crippen molar-refractivity contribution in [3.05, 3.63) is 42.2 Å². The summed E-state index contributed by atoms with van der Waals surface area (Å²) >= 11 is 0. The molecule has 10 heteroatoms. The third-order valence-electron chi connectivity index (χ3n) is 10.3. The average Bonchev–Trinajstić information content (AvgIpc) is 3.02. The topological polar surface area (TPSA) is 106 Å². The molecule has 0 aliphatic carbocycles. The van der Waals surface area contributed by atoms with Gasteiger partial charge in [-0.2, -0.15) is 0 Å². The van der Waals surface area contributed by atoms with Crippen LogP contribution in [0.15, 0.2) is 36.7 Å². The van der Waals surface area contributed by atoms with Gasteiger partial charge in [0.1, 0.15) is 18.0 Å². The molecule has 1 spiro atoms. The highest BCUT2D eigenvalue weighted by molar-refractivity contribution is 5.84. The lowest BCUT2D eigenvalue weighted by molar-refractivity contribution is -0.129. The van der Waals surface area contributed by atoms with E-state index in [0.29, 0.717) is 25.0 Å². The SMILES string of the molecule is CCCC(C)(C)C(=O)NCCCNc1cc(N2CCC3(CC2)CN(c2ccc(CN4CCC(C)(C)CC4)cc2)CC(=O)N3)ncn1. The zero-order chi connectivity index (χ0) is 32.8. The van der Waals surface area contributed by atoms with E-state index in [2.05, 4.69) is 85.7 Å². The summed E-state index contributed by atoms with van der Waals surface area (Å²) in [5.74, 6) is 1.89. The van der Waals surface area contributed by atoms with Gasteiger partial charge in [0.2, 0.25) is 11.8 Å². The van der Waals surface area contributed by atoms with E-state index in [1.807, 2.05) is 19.9 Å². The van der Waals surface area contributed by atoms with Crippen molar-refractivity contribution < 1.29 is 9.59 Å². The van der Waals surface area contributed by atoms with Crippen LogP contribution in [-0.2, 0) is 16.1 Å². The van der Waals surface area contributed by atoms with Crippen molar-refractivity contribution in [1.29, 1.82) is 0 Å². The first-order chi connectivity index (χ1) is 22.0. The summed E-state index contributed by atoms with van der Waals surface area (Å²) in [6.45, 7) is 18.4. The highest BCUT2D eigenvalue weighted by atomic mass is 16.2. The normalized spacial score (nSPS) is 20.0. The van der Waals surface area contributed by atoms with E-state index >= 15 is 0 Å². The molecular weight excluding hydrogens is 576 g/mol. The maximum Gasteiger partial charge on any atom is 0.240 e. The van der Waals surface area contributed by atoms with Crippen LogP contribution in [0, 0.1) is 10.8 Å². The number of hydrogen-bond donors (Lipinski definition) is 3. The number of piperidine rings is 2. The number of benzene rings is 1. The van der Waals surface area contributed by atoms with Crippen molar-refractivity contribution in [3.63, 3.8) is 0 Å². The maximum atomic E-state index is 12.9. The molecule has 252 valence electrons. The summed E-state index contributed by atoms with van der Waals surface area (Å²) in [6, 6.07) is 10.9. The molecular formula is C36H56N8O2. The number of carbonyl (C=O) groups is 2. The predicted octanol–water partition coefficient (Wildman–Crippen LogP) is 4.82. The fourth-order valence-corrected chi connectivity index (χ4v) is 7.09. The van der Waals surface area contributed by atoms with Crippen molar-refractivity contribution in [2.24, 2.45) is 10.8 Å². The van der Waals surface area contributed by atoms with Gasteiger partial charge in [-0.15, -0.1) is 0 Å². The molecule has 0 saturated carbocycles. The average molecular weight is 633 g/mol. The minimum atomic E-state index is -0.328. The summed E-state index contributed by atoms with van der Waals surface area (Å²) in [5.41, 5.74) is 2.35. The van der Waals surface area contributed by atoms with Crippen LogP contribution in [-0.4, -0.2) is 84.6 Å². The Morgan fingerprint density at radius 2 is 1.70 bits per heavy atom. The zero-order valence-corrected chi connectivity index (χ0v) is 28.8. The minimum absolute atomic E-state index is 0.0957. The molecule has 0 atom stereocenters. The van der Waals surface area contributed by atoms with Crippen LogP contribution in [0.1, 0.15) is 85.1 Å². The van der Waals surface area contributed by atoms with Gasteiger partial charge in [0.05, 0.1) is 12.1 Å². The summed E-state index contributed by atoms with van der Waals surface area (Å²) in [6.07, 6.45) is 8.53. The van der Waals surface area contributed by atoms with Crippen molar-refractivity contribution in [1.82, 2.24) is 25.5 Å². The molecule has 1 aromatic heterocycles. The first kappa shape index (κ1) is 33.9. The molecule has 3 aliphatic heterocycles. The summed E-state index contributed by atoms with van der Waals surface area (Å²) < 4.78 is 0. The molecule has 0 bridgehead atoms. The lowest BCUT2D eigenvalue weighted by Crippen LogP contribution is -2.66. The van der Waals surface area contributed by atoms with Gasteiger partial charge < -0.3 is 25.8 Å². The largest absolute Gasteiger partial charge is 0.370 e. The Balaban J connectivity index is 1.09. The van der Waals surface area contributed by atoms with Gasteiger partial charge in [0.25, 0.3) is 0 Å². The molecule has 3 saturated heterocycles. The number of aromatic nitrogens is 2. The molecule has 1 aromatic carbocycles. The lowest BCUT2D eigenvalue weighted by Gasteiger charge is -2.48. The van der Waals surface area contributed by atoms with E-state index in [9.17, 15) is 9.59 Å². The highest BCUT2D eigenvalue weighted by Crippen LogP contribution is 2.32. The van der Waals surface area contributed by atoms with Crippen LogP contribution in [0.5, 0.6) is 0 Å². The molecule has 5 rings (SSSR count). The number of piperazine rings is 1. The number of carbonyl (C=O) groups excluding carboxylic acids is 2. The molecule has 0 radical (unpaired) electrons. The Hall–Kier alpha value is -3.40. The van der Waals surface area contributed by atoms with Crippen LogP contribution >= 0.6 is 0 Å². The minimum Gasteiger partial charge on any atom is -0.370 e. The second kappa shape index (κ2) is 14.6. The van der Waals surface area contributed by atoms with Crippen molar-refractivity contribution in [3.8, 4) is 0 Å². The van der Waals surface area contributed by atoms with E-state index in [4.69, 9.17) is 0 Å².